The van der Waals surface area contributed by atoms with E-state index in [4.69, 9.17) is 9.47 Å². The molecule has 8 nitrogen and oxygen atoms in total. The Hall–Kier alpha value is -2.58. The van der Waals surface area contributed by atoms with E-state index in [2.05, 4.69) is 0 Å². The molecule has 2 N–H and O–H groups in total. The van der Waals surface area contributed by atoms with Crippen LogP contribution in [0.25, 0.3) is 0 Å². The number of ketones is 2. The van der Waals surface area contributed by atoms with Gasteiger partial charge in [0.15, 0.2) is 5.78 Å². The smallest absolute Gasteiger partial charge is 0.303 e. The number of aliphatic hydroxyl groups excluding tert-OH is 1. The van der Waals surface area contributed by atoms with Gasteiger partial charge in [0.05, 0.1) is 0 Å². The fourth-order valence-corrected chi connectivity index (χ4v) is 4.18. The second-order valence-electron chi connectivity index (χ2n) is 9.45. The van der Waals surface area contributed by atoms with Crippen molar-refractivity contribution in [3.8, 4) is 0 Å². The van der Waals surface area contributed by atoms with Crippen LogP contribution >= 0.6 is 0 Å². The van der Waals surface area contributed by atoms with Crippen LogP contribution in [-0.4, -0.2) is 57.1 Å². The lowest BCUT2D eigenvalue weighted by Gasteiger charge is -2.42. The average molecular weight is 449 g/mol. The number of allylic oxidation sites excluding steroid dienone is 1. The summed E-state index contributed by atoms with van der Waals surface area (Å²) in [6.45, 7) is 10.1. The van der Waals surface area contributed by atoms with Gasteiger partial charge < -0.3 is 19.7 Å². The first-order valence-electron chi connectivity index (χ1n) is 10.5. The lowest BCUT2D eigenvalue weighted by Crippen LogP contribution is -2.62. The van der Waals surface area contributed by atoms with Gasteiger partial charge in [0, 0.05) is 31.6 Å². The minimum Gasteiger partial charge on any atom is -0.461 e. The van der Waals surface area contributed by atoms with Gasteiger partial charge in [-0.15, -0.1) is 0 Å². The van der Waals surface area contributed by atoms with Crippen molar-refractivity contribution in [3.05, 3.63) is 35.5 Å². The average Bonchev–Trinajstić information content (AvgIpc) is 2.88. The first-order chi connectivity index (χ1) is 14.5. The second-order valence-corrected chi connectivity index (χ2v) is 9.45. The molecule has 0 amide bonds. The zero-order valence-electron chi connectivity index (χ0n) is 19.6. The monoisotopic (exact) mass is 448 g/mol. The summed E-state index contributed by atoms with van der Waals surface area (Å²) < 4.78 is 10.8. The molecule has 176 valence electrons. The minimum atomic E-state index is -2.13. The summed E-state index contributed by atoms with van der Waals surface area (Å²) in [5.74, 6) is -3.34. The number of hydrogen-bond acceptors (Lipinski definition) is 8. The van der Waals surface area contributed by atoms with Gasteiger partial charge >= 0.3 is 11.9 Å². The molecule has 2 aliphatic carbocycles. The summed E-state index contributed by atoms with van der Waals surface area (Å²) in [6, 6.07) is 0. The molecule has 0 saturated carbocycles. The number of carbonyl (C=O) groups is 4. The number of rotatable bonds is 2. The Kier molecular flexibility index (Phi) is 7.02. The summed E-state index contributed by atoms with van der Waals surface area (Å²) in [7, 11) is 0. The Morgan fingerprint density at radius 1 is 1.00 bits per heavy atom. The molecule has 0 aromatic rings. The summed E-state index contributed by atoms with van der Waals surface area (Å²) in [5.41, 5.74) is -4.57. The molecule has 0 fully saturated rings. The fourth-order valence-electron chi connectivity index (χ4n) is 4.18. The van der Waals surface area contributed by atoms with E-state index < -0.39 is 52.5 Å². The van der Waals surface area contributed by atoms with E-state index in [-0.39, 0.29) is 23.4 Å². The maximum absolute atomic E-state index is 13.2. The van der Waals surface area contributed by atoms with Crippen molar-refractivity contribution in [1.82, 2.24) is 0 Å². The number of aliphatic hydroxyl groups is 2. The normalized spacial score (nSPS) is 37.7. The second kappa shape index (κ2) is 8.75. The van der Waals surface area contributed by atoms with Gasteiger partial charge in [-0.1, -0.05) is 38.2 Å². The number of carbonyl (C=O) groups excluding carboxylic acids is 4. The molecule has 0 aromatic carbocycles. The Morgan fingerprint density at radius 2 is 1.56 bits per heavy atom. The van der Waals surface area contributed by atoms with Gasteiger partial charge in [-0.3, -0.25) is 19.2 Å². The van der Waals surface area contributed by atoms with Gasteiger partial charge in [-0.05, 0) is 31.9 Å². The van der Waals surface area contributed by atoms with Crippen LogP contribution in [0.5, 0.6) is 0 Å². The topological polar surface area (TPSA) is 127 Å². The lowest BCUT2D eigenvalue weighted by atomic mass is 9.73. The van der Waals surface area contributed by atoms with E-state index in [1.165, 1.54) is 52.0 Å². The zero-order chi connectivity index (χ0) is 24.6. The van der Waals surface area contributed by atoms with E-state index in [1.807, 2.05) is 0 Å². The summed E-state index contributed by atoms with van der Waals surface area (Å²) >= 11 is 0. The van der Waals surface area contributed by atoms with Crippen molar-refractivity contribution in [2.75, 3.05) is 0 Å². The van der Waals surface area contributed by atoms with E-state index in [9.17, 15) is 29.4 Å². The molecule has 0 aromatic heterocycles. The van der Waals surface area contributed by atoms with E-state index in [1.54, 1.807) is 13.8 Å². The van der Waals surface area contributed by atoms with Crippen molar-refractivity contribution < 1.29 is 38.9 Å². The molecular formula is C24H32O8. The quantitative estimate of drug-likeness (QED) is 0.485. The first kappa shape index (κ1) is 25.7. The van der Waals surface area contributed by atoms with Crippen LogP contribution in [0.2, 0.25) is 0 Å². The largest absolute Gasteiger partial charge is 0.461 e. The number of esters is 2. The molecule has 0 heterocycles. The predicted octanol–water partition coefficient (Wildman–Crippen LogP) is 1.98. The van der Waals surface area contributed by atoms with Crippen LogP contribution in [0.3, 0.4) is 0 Å². The van der Waals surface area contributed by atoms with Gasteiger partial charge in [0.2, 0.25) is 11.4 Å². The number of Topliss-reactive ketones (excluding diaryl/α,β-unsaturated/α-hetero) is 2. The highest BCUT2D eigenvalue weighted by molar-refractivity contribution is 6.07. The molecule has 0 saturated heterocycles. The molecule has 0 unspecified atom stereocenters. The van der Waals surface area contributed by atoms with Gasteiger partial charge in [-0.25, -0.2) is 0 Å². The maximum atomic E-state index is 13.2. The maximum Gasteiger partial charge on any atom is 0.303 e. The van der Waals surface area contributed by atoms with Gasteiger partial charge in [-0.2, -0.15) is 0 Å². The SMILES string of the molecule is CC(=O)O[C@@H]1CC(=O)/C(C)=C/[C@H]2C=C(C)C(=O)[C@]2(OC(C)=O)[C@H](O)[C@](C)(O)/C=C/C1(C)C. The summed E-state index contributed by atoms with van der Waals surface area (Å²) in [6.07, 6.45) is 2.93. The fraction of sp³-hybridized carbons (Fsp3) is 0.583. The van der Waals surface area contributed by atoms with Crippen molar-refractivity contribution >= 4 is 23.5 Å². The lowest BCUT2D eigenvalue weighted by molar-refractivity contribution is -0.196. The van der Waals surface area contributed by atoms with E-state index >= 15 is 0 Å². The van der Waals surface area contributed by atoms with E-state index in [0.29, 0.717) is 0 Å². The van der Waals surface area contributed by atoms with Crippen molar-refractivity contribution in [3.63, 3.8) is 0 Å². The summed E-state index contributed by atoms with van der Waals surface area (Å²) in [5, 5.41) is 22.5. The van der Waals surface area contributed by atoms with Gasteiger partial charge in [0.1, 0.15) is 17.8 Å². The third-order valence-corrected chi connectivity index (χ3v) is 6.14. The van der Waals surface area contributed by atoms with Crippen molar-refractivity contribution in [2.24, 2.45) is 11.3 Å². The highest BCUT2D eigenvalue weighted by Crippen LogP contribution is 2.43. The number of fused-ring (bicyclic) bond motifs is 1. The Bertz CT molecular complexity index is 920. The molecule has 8 heteroatoms. The Labute approximate surface area is 188 Å². The van der Waals surface area contributed by atoms with Crippen molar-refractivity contribution in [1.29, 1.82) is 0 Å². The third kappa shape index (κ3) is 4.76. The van der Waals surface area contributed by atoms with Crippen LogP contribution in [0.4, 0.5) is 0 Å². The van der Waals surface area contributed by atoms with Crippen LogP contribution in [0.1, 0.15) is 54.9 Å². The number of ether oxygens (including phenoxy) is 2. The zero-order valence-corrected chi connectivity index (χ0v) is 19.6. The third-order valence-electron chi connectivity index (χ3n) is 6.14. The first-order valence-corrected chi connectivity index (χ1v) is 10.5. The molecule has 0 aliphatic heterocycles. The highest BCUT2D eigenvalue weighted by atomic mass is 16.6. The molecule has 0 bridgehead atoms. The minimum absolute atomic E-state index is 0.131. The van der Waals surface area contributed by atoms with Crippen LogP contribution in [-0.2, 0) is 28.7 Å². The molecule has 2 aliphatic rings. The standard InChI is InChI=1S/C24H32O8/c1-13-10-17-11-14(2)20(28)24(17,32-16(4)26)21(29)23(7,30)9-8-22(5,6)19(12-18(13)27)31-15(3)25/h8-11,17,19,21,29-30H,12H2,1-7H3/b9-8+,13-10+/t17-,19+,21+,23+,24-/m0/s1. The van der Waals surface area contributed by atoms with Crippen molar-refractivity contribution in [2.45, 2.75) is 78.3 Å². The van der Waals surface area contributed by atoms with Gasteiger partial charge in [0.25, 0.3) is 0 Å². The Balaban J connectivity index is 2.76. The molecule has 0 spiro atoms. The summed E-state index contributed by atoms with van der Waals surface area (Å²) in [4.78, 5) is 49.8. The predicted molar refractivity (Wildman–Crippen MR) is 115 cm³/mol. The molecular weight excluding hydrogens is 416 g/mol. The number of hydrogen-bond donors (Lipinski definition) is 2. The highest BCUT2D eigenvalue weighted by Gasteiger charge is 2.61. The van der Waals surface area contributed by atoms with Crippen LogP contribution < -0.4 is 0 Å². The van der Waals surface area contributed by atoms with E-state index in [0.717, 1.165) is 6.92 Å². The Morgan fingerprint density at radius 3 is 2.09 bits per heavy atom. The molecule has 32 heavy (non-hydrogen) atoms. The molecule has 2 rings (SSSR count). The molecule has 0 radical (unpaired) electrons. The molecule has 5 atom stereocenters. The van der Waals surface area contributed by atoms with Crippen LogP contribution in [0.15, 0.2) is 35.5 Å². The van der Waals surface area contributed by atoms with Crippen LogP contribution in [0, 0.1) is 11.3 Å².